The van der Waals surface area contributed by atoms with Gasteiger partial charge in [-0.1, -0.05) is 12.7 Å². The summed E-state index contributed by atoms with van der Waals surface area (Å²) in [6.07, 6.45) is 0.793. The minimum absolute atomic E-state index is 0.142. The number of nitrogens with zero attached hydrogens (tertiary/aromatic N) is 1. The molecule has 0 bridgehead atoms. The summed E-state index contributed by atoms with van der Waals surface area (Å²) in [5.74, 6) is 0. The number of hydrogen-bond acceptors (Lipinski definition) is 4. The van der Waals surface area contributed by atoms with Crippen molar-refractivity contribution in [3.8, 4) is 0 Å². The predicted octanol–water partition coefficient (Wildman–Crippen LogP) is -0.263. The zero-order chi connectivity index (χ0) is 10.6. The van der Waals surface area contributed by atoms with E-state index in [0.717, 1.165) is 0 Å². The molecular weight excluding hydrogens is 186 g/mol. The minimum atomic E-state index is -0.566. The number of aliphatic hydroxyl groups is 2. The maximum absolute atomic E-state index is 11.4. The van der Waals surface area contributed by atoms with E-state index in [-0.39, 0.29) is 25.8 Å². The van der Waals surface area contributed by atoms with E-state index in [1.807, 2.05) is 0 Å². The van der Waals surface area contributed by atoms with Crippen LogP contribution in [0.1, 0.15) is 6.42 Å². The van der Waals surface area contributed by atoms with Gasteiger partial charge in [-0.3, -0.25) is 0 Å². The van der Waals surface area contributed by atoms with Crippen LogP contribution in [0.25, 0.3) is 0 Å². The van der Waals surface area contributed by atoms with Crippen molar-refractivity contribution in [2.75, 3.05) is 19.8 Å². The number of aliphatic hydroxyl groups excluding tert-OH is 2. The van der Waals surface area contributed by atoms with Gasteiger partial charge in [0.2, 0.25) is 0 Å². The highest BCUT2D eigenvalue weighted by atomic mass is 16.6. The highest BCUT2D eigenvalue weighted by Crippen LogP contribution is 2.18. The van der Waals surface area contributed by atoms with Gasteiger partial charge in [-0.2, -0.15) is 0 Å². The highest BCUT2D eigenvalue weighted by molar-refractivity contribution is 5.68. The van der Waals surface area contributed by atoms with Crippen molar-refractivity contribution in [3.05, 3.63) is 12.7 Å². The normalized spacial score (nSPS) is 26.3. The lowest BCUT2D eigenvalue weighted by Gasteiger charge is -2.21. The van der Waals surface area contributed by atoms with Crippen molar-refractivity contribution in [2.24, 2.45) is 0 Å². The first kappa shape index (κ1) is 11.0. The summed E-state index contributed by atoms with van der Waals surface area (Å²) in [4.78, 5) is 12.7. The van der Waals surface area contributed by atoms with E-state index in [0.29, 0.717) is 6.42 Å². The Balaban J connectivity index is 2.48. The second-order valence-corrected chi connectivity index (χ2v) is 3.24. The summed E-state index contributed by atoms with van der Waals surface area (Å²) in [6, 6.07) is -0.331. The fourth-order valence-corrected chi connectivity index (χ4v) is 1.50. The zero-order valence-electron chi connectivity index (χ0n) is 7.93. The number of amides is 1. The fourth-order valence-electron chi connectivity index (χ4n) is 1.50. The van der Waals surface area contributed by atoms with E-state index >= 15 is 0 Å². The van der Waals surface area contributed by atoms with Crippen LogP contribution < -0.4 is 0 Å². The molecule has 2 N–H and O–H groups in total. The van der Waals surface area contributed by atoms with E-state index in [1.165, 1.54) is 11.0 Å². The van der Waals surface area contributed by atoms with Crippen molar-refractivity contribution in [1.29, 1.82) is 0 Å². The molecule has 80 valence electrons. The molecule has 0 aliphatic carbocycles. The van der Waals surface area contributed by atoms with Crippen LogP contribution in [0, 0.1) is 0 Å². The van der Waals surface area contributed by atoms with Gasteiger partial charge in [0.15, 0.2) is 0 Å². The molecule has 1 rings (SSSR count). The second-order valence-electron chi connectivity index (χ2n) is 3.24. The van der Waals surface area contributed by atoms with Crippen LogP contribution in [0.3, 0.4) is 0 Å². The Kier molecular flexibility index (Phi) is 3.91. The van der Waals surface area contributed by atoms with Gasteiger partial charge in [-0.15, -0.1) is 0 Å². The molecule has 0 radical (unpaired) electrons. The van der Waals surface area contributed by atoms with Gasteiger partial charge in [0.25, 0.3) is 0 Å². The molecule has 1 heterocycles. The molecule has 1 aliphatic heterocycles. The van der Waals surface area contributed by atoms with Crippen molar-refractivity contribution >= 4 is 6.09 Å². The third-order valence-corrected chi connectivity index (χ3v) is 2.16. The third-order valence-electron chi connectivity index (χ3n) is 2.16. The largest absolute Gasteiger partial charge is 0.445 e. The smallest absolute Gasteiger partial charge is 0.410 e. The van der Waals surface area contributed by atoms with Crippen LogP contribution in [0.4, 0.5) is 4.79 Å². The summed E-state index contributed by atoms with van der Waals surface area (Å²) in [7, 11) is 0. The van der Waals surface area contributed by atoms with Gasteiger partial charge < -0.3 is 19.8 Å². The highest BCUT2D eigenvalue weighted by Gasteiger charge is 2.34. The Labute approximate surface area is 82.6 Å². The van der Waals surface area contributed by atoms with E-state index in [4.69, 9.17) is 9.84 Å². The van der Waals surface area contributed by atoms with Crippen LogP contribution in [0.2, 0.25) is 0 Å². The fraction of sp³-hybridized carbons (Fsp3) is 0.667. The van der Waals surface area contributed by atoms with Crippen molar-refractivity contribution in [2.45, 2.75) is 18.6 Å². The molecule has 0 aromatic carbocycles. The summed E-state index contributed by atoms with van der Waals surface area (Å²) in [5.41, 5.74) is 0. The monoisotopic (exact) mass is 201 g/mol. The summed E-state index contributed by atoms with van der Waals surface area (Å²) >= 11 is 0. The van der Waals surface area contributed by atoms with Gasteiger partial charge in [-0.25, -0.2) is 4.79 Å². The number of carbonyl (C=O) groups excluding carboxylic acids is 1. The summed E-state index contributed by atoms with van der Waals surface area (Å²) in [5, 5.41) is 18.2. The van der Waals surface area contributed by atoms with Gasteiger partial charge >= 0.3 is 6.09 Å². The molecule has 14 heavy (non-hydrogen) atoms. The number of β-amino-alcohol motifs (C(OH)–C–C–N with tert-alkyl or cyclic N) is 1. The average Bonchev–Trinajstić information content (AvgIpc) is 2.56. The first-order chi connectivity index (χ1) is 6.69. The van der Waals surface area contributed by atoms with Crippen molar-refractivity contribution in [3.63, 3.8) is 0 Å². The van der Waals surface area contributed by atoms with Crippen LogP contribution in [-0.4, -0.2) is 53.1 Å². The SMILES string of the molecule is C=CCOC(=O)N1C[C@@H](O)C[C@H]1CO. The molecule has 5 heteroatoms. The molecule has 5 nitrogen and oxygen atoms in total. The molecule has 1 amide bonds. The van der Waals surface area contributed by atoms with Crippen LogP contribution in [-0.2, 0) is 4.74 Å². The number of carbonyl (C=O) groups is 1. The van der Waals surface area contributed by atoms with Gasteiger partial charge in [0, 0.05) is 0 Å². The maximum atomic E-state index is 11.4. The quantitative estimate of drug-likeness (QED) is 0.617. The average molecular weight is 201 g/mol. The maximum Gasteiger partial charge on any atom is 0.410 e. The Bertz CT molecular complexity index is 219. The lowest BCUT2D eigenvalue weighted by atomic mass is 10.2. The van der Waals surface area contributed by atoms with Crippen LogP contribution >= 0.6 is 0 Å². The Morgan fingerprint density at radius 2 is 2.43 bits per heavy atom. The lowest BCUT2D eigenvalue weighted by molar-refractivity contribution is 0.0901. The van der Waals surface area contributed by atoms with Gasteiger partial charge in [0.1, 0.15) is 6.61 Å². The molecule has 2 atom stereocenters. The number of likely N-dealkylation sites (tertiary alicyclic amines) is 1. The molecule has 0 aromatic rings. The van der Waals surface area contributed by atoms with Crippen molar-refractivity contribution in [1.82, 2.24) is 4.90 Å². The van der Waals surface area contributed by atoms with Gasteiger partial charge in [-0.05, 0) is 6.42 Å². The predicted molar refractivity (Wildman–Crippen MR) is 49.7 cm³/mol. The molecule has 1 aliphatic rings. The van der Waals surface area contributed by atoms with Crippen LogP contribution in [0.15, 0.2) is 12.7 Å². The Morgan fingerprint density at radius 1 is 1.71 bits per heavy atom. The first-order valence-electron chi connectivity index (χ1n) is 4.52. The number of rotatable bonds is 3. The van der Waals surface area contributed by atoms with E-state index in [1.54, 1.807) is 0 Å². The standard InChI is InChI=1S/C9H15NO4/c1-2-3-14-9(13)10-5-8(12)4-7(10)6-11/h2,7-8,11-12H,1,3-6H2/t7-,8-/m0/s1. The second kappa shape index (κ2) is 4.97. The molecule has 0 saturated carbocycles. The summed E-state index contributed by atoms with van der Waals surface area (Å²) < 4.78 is 4.80. The number of ether oxygens (including phenoxy) is 1. The van der Waals surface area contributed by atoms with E-state index in [9.17, 15) is 9.90 Å². The van der Waals surface area contributed by atoms with Crippen LogP contribution in [0.5, 0.6) is 0 Å². The lowest BCUT2D eigenvalue weighted by Crippen LogP contribution is -2.38. The topological polar surface area (TPSA) is 70.0 Å². The molecule has 1 fully saturated rings. The summed E-state index contributed by atoms with van der Waals surface area (Å²) in [6.45, 7) is 3.63. The molecule has 0 spiro atoms. The number of hydrogen-bond donors (Lipinski definition) is 2. The zero-order valence-corrected chi connectivity index (χ0v) is 7.93. The third kappa shape index (κ3) is 2.46. The van der Waals surface area contributed by atoms with E-state index in [2.05, 4.69) is 6.58 Å². The Hall–Kier alpha value is -1.07. The molecule has 0 unspecified atom stereocenters. The van der Waals surface area contributed by atoms with E-state index < -0.39 is 12.2 Å². The van der Waals surface area contributed by atoms with Crippen molar-refractivity contribution < 1.29 is 19.7 Å². The first-order valence-corrected chi connectivity index (χ1v) is 4.52. The molecule has 0 aromatic heterocycles. The minimum Gasteiger partial charge on any atom is -0.445 e. The van der Waals surface area contributed by atoms with Gasteiger partial charge in [0.05, 0.1) is 25.3 Å². The molecular formula is C9H15NO4. The molecule has 1 saturated heterocycles. The Morgan fingerprint density at radius 3 is 3.00 bits per heavy atom.